The van der Waals surface area contributed by atoms with Crippen LogP contribution in [0.5, 0.6) is 0 Å². The van der Waals surface area contributed by atoms with E-state index in [1.165, 1.54) is 11.8 Å². The second-order valence-electron chi connectivity index (χ2n) is 7.74. The molecule has 0 saturated carbocycles. The summed E-state index contributed by atoms with van der Waals surface area (Å²) in [7, 11) is -2.89. The molecule has 0 radical (unpaired) electrons. The first-order valence-electron chi connectivity index (χ1n) is 8.34. The number of rotatable bonds is 4. The first kappa shape index (κ1) is 17.9. The van der Waals surface area contributed by atoms with E-state index in [2.05, 4.69) is 19.2 Å². The van der Waals surface area contributed by atoms with Crippen molar-refractivity contribution < 1.29 is 17.6 Å². The van der Waals surface area contributed by atoms with E-state index >= 15 is 0 Å². The van der Waals surface area contributed by atoms with Gasteiger partial charge in [-0.2, -0.15) is 0 Å². The molecule has 0 aromatic carbocycles. The molecule has 134 valence electrons. The van der Waals surface area contributed by atoms with E-state index in [0.29, 0.717) is 12.2 Å². The third-order valence-corrected chi connectivity index (χ3v) is 7.99. The fraction of sp³-hybridized carbons (Fsp3) is 0.706. The maximum atomic E-state index is 12.3. The van der Waals surface area contributed by atoms with Crippen molar-refractivity contribution in [1.82, 2.24) is 5.32 Å². The molecule has 24 heavy (non-hydrogen) atoms. The number of carbonyl (C=O) groups excluding carboxylic acids is 1. The van der Waals surface area contributed by atoms with Crippen molar-refractivity contribution in [2.75, 3.05) is 17.3 Å². The molecule has 0 spiro atoms. The number of furan rings is 1. The zero-order valence-corrected chi connectivity index (χ0v) is 16.1. The van der Waals surface area contributed by atoms with Crippen molar-refractivity contribution in [3.8, 4) is 0 Å². The van der Waals surface area contributed by atoms with E-state index in [0.717, 1.165) is 29.9 Å². The minimum atomic E-state index is -2.89. The second kappa shape index (κ2) is 6.41. The number of hydrogen-bond acceptors (Lipinski definition) is 5. The Morgan fingerprint density at radius 3 is 2.88 bits per heavy atom. The van der Waals surface area contributed by atoms with Crippen LogP contribution in [0.1, 0.15) is 49.8 Å². The molecule has 1 aromatic rings. The van der Waals surface area contributed by atoms with E-state index in [1.54, 1.807) is 0 Å². The van der Waals surface area contributed by atoms with Gasteiger partial charge in [-0.05, 0) is 31.2 Å². The lowest BCUT2D eigenvalue weighted by molar-refractivity contribution is -0.119. The van der Waals surface area contributed by atoms with Gasteiger partial charge in [-0.15, -0.1) is 11.8 Å². The van der Waals surface area contributed by atoms with Gasteiger partial charge in [0.2, 0.25) is 5.91 Å². The number of carbonyl (C=O) groups is 1. The molecule has 7 heteroatoms. The van der Waals surface area contributed by atoms with Gasteiger partial charge in [0, 0.05) is 17.2 Å². The number of aryl methyl sites for hydroxylation is 1. The third-order valence-electron chi connectivity index (χ3n) is 4.71. The van der Waals surface area contributed by atoms with E-state index in [4.69, 9.17) is 4.42 Å². The predicted molar refractivity (Wildman–Crippen MR) is 95.9 cm³/mol. The summed E-state index contributed by atoms with van der Waals surface area (Å²) in [5.41, 5.74) is 1.18. The van der Waals surface area contributed by atoms with Crippen LogP contribution in [0, 0.1) is 12.3 Å². The lowest BCUT2D eigenvalue weighted by Crippen LogP contribution is -2.37. The van der Waals surface area contributed by atoms with Gasteiger partial charge in [0.1, 0.15) is 11.5 Å². The van der Waals surface area contributed by atoms with Crippen molar-refractivity contribution >= 4 is 27.5 Å². The molecule has 1 fully saturated rings. The molecule has 0 bridgehead atoms. The van der Waals surface area contributed by atoms with Crippen LogP contribution < -0.4 is 5.32 Å². The zero-order valence-electron chi connectivity index (χ0n) is 14.4. The minimum absolute atomic E-state index is 0.0263. The van der Waals surface area contributed by atoms with Crippen molar-refractivity contribution in [3.63, 3.8) is 0 Å². The van der Waals surface area contributed by atoms with Crippen LogP contribution in [-0.2, 0) is 21.1 Å². The van der Waals surface area contributed by atoms with Crippen LogP contribution >= 0.6 is 11.8 Å². The molecule has 1 saturated heterocycles. The monoisotopic (exact) mass is 371 g/mol. The summed E-state index contributed by atoms with van der Waals surface area (Å²) in [6.45, 7) is 6.30. The van der Waals surface area contributed by atoms with Gasteiger partial charge in [0.25, 0.3) is 0 Å². The summed E-state index contributed by atoms with van der Waals surface area (Å²) in [6.07, 6.45) is 2.42. The molecule has 2 heterocycles. The lowest BCUT2D eigenvalue weighted by Gasteiger charge is -2.34. The summed E-state index contributed by atoms with van der Waals surface area (Å²) >= 11 is 1.45. The standard InChI is InChI=1S/C17H25NO4S2/c1-11-6-13-14(7-17(2,3)8-15(13)22-11)18-16(19)9-23-12-4-5-24(20,21)10-12/h6,12,14H,4-5,7-10H2,1-3H3,(H,18,19)/t12-,14-/m0/s1. The minimum Gasteiger partial charge on any atom is -0.466 e. The Kier molecular flexibility index (Phi) is 4.77. The predicted octanol–water partition coefficient (Wildman–Crippen LogP) is 2.64. The molecule has 1 aromatic heterocycles. The first-order valence-corrected chi connectivity index (χ1v) is 11.2. The normalized spacial score (nSPS) is 27.6. The Balaban J connectivity index is 1.60. The number of fused-ring (bicyclic) bond motifs is 1. The molecule has 1 aliphatic carbocycles. The van der Waals surface area contributed by atoms with Crippen LogP contribution in [0.4, 0.5) is 0 Å². The summed E-state index contributed by atoms with van der Waals surface area (Å²) < 4.78 is 28.8. The second-order valence-corrected chi connectivity index (χ2v) is 11.3. The average molecular weight is 372 g/mol. The number of nitrogens with one attached hydrogen (secondary N) is 1. The van der Waals surface area contributed by atoms with Gasteiger partial charge >= 0.3 is 0 Å². The van der Waals surface area contributed by atoms with Crippen LogP contribution in [-0.4, -0.2) is 36.8 Å². The number of thioether (sulfide) groups is 1. The smallest absolute Gasteiger partial charge is 0.230 e. The topological polar surface area (TPSA) is 76.4 Å². The average Bonchev–Trinajstić information content (AvgIpc) is 2.97. The van der Waals surface area contributed by atoms with Gasteiger partial charge in [0.05, 0.1) is 23.3 Å². The van der Waals surface area contributed by atoms with Crippen LogP contribution in [0.25, 0.3) is 0 Å². The third kappa shape index (κ3) is 4.17. The highest BCUT2D eigenvalue weighted by Crippen LogP contribution is 2.42. The molecule has 5 nitrogen and oxygen atoms in total. The van der Waals surface area contributed by atoms with Crippen LogP contribution in [0.3, 0.4) is 0 Å². The highest BCUT2D eigenvalue weighted by Gasteiger charge is 2.36. The van der Waals surface area contributed by atoms with Crippen molar-refractivity contribution in [3.05, 3.63) is 23.2 Å². The van der Waals surface area contributed by atoms with Crippen LogP contribution in [0.15, 0.2) is 10.5 Å². The largest absolute Gasteiger partial charge is 0.466 e. The van der Waals surface area contributed by atoms with Gasteiger partial charge in [-0.3, -0.25) is 4.79 Å². The first-order chi connectivity index (χ1) is 11.1. The Labute approximate surface area is 147 Å². The molecule has 1 N–H and O–H groups in total. The number of hydrogen-bond donors (Lipinski definition) is 1. The molecule has 0 unspecified atom stereocenters. The lowest BCUT2D eigenvalue weighted by atomic mass is 9.75. The summed E-state index contributed by atoms with van der Waals surface area (Å²) in [5, 5.41) is 3.17. The highest BCUT2D eigenvalue weighted by atomic mass is 32.2. The Morgan fingerprint density at radius 2 is 2.21 bits per heavy atom. The number of sulfone groups is 1. The Bertz CT molecular complexity index is 736. The van der Waals surface area contributed by atoms with Gasteiger partial charge < -0.3 is 9.73 Å². The quantitative estimate of drug-likeness (QED) is 0.880. The summed E-state index contributed by atoms with van der Waals surface area (Å²) in [6, 6.07) is 1.99. The van der Waals surface area contributed by atoms with E-state index in [-0.39, 0.29) is 34.1 Å². The van der Waals surface area contributed by atoms with Gasteiger partial charge in [-0.1, -0.05) is 13.8 Å². The van der Waals surface area contributed by atoms with Crippen LogP contribution in [0.2, 0.25) is 0 Å². The molecular weight excluding hydrogens is 346 g/mol. The summed E-state index contributed by atoms with van der Waals surface area (Å²) in [4.78, 5) is 12.3. The molecule has 2 atom stereocenters. The van der Waals surface area contributed by atoms with Crippen molar-refractivity contribution in [2.24, 2.45) is 5.41 Å². The summed E-state index contributed by atoms with van der Waals surface area (Å²) in [5.74, 6) is 2.58. The maximum Gasteiger partial charge on any atom is 0.230 e. The van der Waals surface area contributed by atoms with Gasteiger partial charge in [-0.25, -0.2) is 8.42 Å². The molecule has 3 rings (SSSR count). The van der Waals surface area contributed by atoms with Crippen molar-refractivity contribution in [2.45, 2.75) is 51.3 Å². The number of amides is 1. The highest BCUT2D eigenvalue weighted by molar-refractivity contribution is 8.02. The van der Waals surface area contributed by atoms with Crippen molar-refractivity contribution in [1.29, 1.82) is 0 Å². The Morgan fingerprint density at radius 1 is 1.46 bits per heavy atom. The molecule has 1 amide bonds. The fourth-order valence-corrected chi connectivity index (χ4v) is 7.09. The maximum absolute atomic E-state index is 12.3. The molecular formula is C17H25NO4S2. The SMILES string of the molecule is Cc1cc2c(o1)CC(C)(C)C[C@@H]2NC(=O)CS[C@H]1CCS(=O)(=O)C1. The van der Waals surface area contributed by atoms with E-state index in [1.807, 2.05) is 13.0 Å². The van der Waals surface area contributed by atoms with E-state index < -0.39 is 9.84 Å². The van der Waals surface area contributed by atoms with E-state index in [9.17, 15) is 13.2 Å². The van der Waals surface area contributed by atoms with Gasteiger partial charge in [0.15, 0.2) is 9.84 Å². The Hall–Kier alpha value is -0.950. The molecule has 1 aliphatic heterocycles. The zero-order chi connectivity index (χ0) is 17.5. The fourth-order valence-electron chi connectivity index (χ4n) is 3.64. The molecule has 2 aliphatic rings.